The van der Waals surface area contributed by atoms with E-state index >= 15 is 0 Å². The number of aliphatic hydroxyl groups is 11. The zero-order valence-corrected chi connectivity index (χ0v) is 48.0. The van der Waals surface area contributed by atoms with E-state index in [-0.39, 0.29) is 18.3 Å². The Morgan fingerprint density at radius 2 is 1.31 bits per heavy atom. The predicted octanol–water partition coefficient (Wildman–Crippen LogP) is -1.48. The summed E-state index contributed by atoms with van der Waals surface area (Å²) in [6, 6.07) is 0. The average Bonchev–Trinajstić information content (AvgIpc) is 1.90. The number of cyclic esters (lactones) is 1. The standard InChI is InChI=1S/C54H86O26S/c1-23(2)11-10-15-52(8)53(66)18-17-51(7)25-12-13-30-49(4,5)32(14-16-50(30,6)26(25)19-31(57)54(51,53)48(65)79-52)75-47-43(35(60)29(22-71-47)80-81(67,68)69)78-44-37(62)36(61)40(24(3)72-44)76-46-39(64)42(34(59)28(21-56)74-46)77-45-38(63)41(70-9)33(58)27(20-55)73-45/h11,19,24-25,27-47,55-64,66H,10,12-18,20-22H2,1-9H3,(H,67,68,69)/t24?,25-,27?,28?,29-,30?,31?,32+,33-,34-,35?,36?,37?,38?,39?,40-,41?,42?,43+,44+,45+,46+,47?,50-,51+,52+,53+,54?/m1/s1. The van der Waals surface area contributed by atoms with E-state index in [2.05, 4.69) is 6.92 Å². The molecule has 27 heteroatoms. The molecule has 14 unspecified atom stereocenters. The van der Waals surface area contributed by atoms with Gasteiger partial charge < -0.3 is 104 Å². The van der Waals surface area contributed by atoms with Crippen LogP contribution in [0.2, 0.25) is 0 Å². The number of hydrogen-bond acceptors (Lipinski definition) is 25. The van der Waals surface area contributed by atoms with Gasteiger partial charge in [-0.25, -0.2) is 4.18 Å². The van der Waals surface area contributed by atoms with E-state index in [0.717, 1.165) is 11.1 Å². The van der Waals surface area contributed by atoms with Crippen molar-refractivity contribution in [2.45, 2.75) is 247 Å². The van der Waals surface area contributed by atoms with Gasteiger partial charge in [0.25, 0.3) is 0 Å². The first-order valence-corrected chi connectivity index (χ1v) is 29.5. The Kier molecular flexibility index (Phi) is 18.0. The van der Waals surface area contributed by atoms with Gasteiger partial charge in [0, 0.05) is 7.11 Å². The van der Waals surface area contributed by atoms with Crippen molar-refractivity contribution in [2.75, 3.05) is 26.9 Å². The topological polar surface area (TPSA) is 396 Å². The van der Waals surface area contributed by atoms with Crippen LogP contribution in [0.4, 0.5) is 0 Å². The third kappa shape index (κ3) is 10.3. The quantitative estimate of drug-likeness (QED) is 0.0363. The molecule has 1 spiro atoms. The van der Waals surface area contributed by atoms with Crippen LogP contribution in [0.5, 0.6) is 0 Å². The highest BCUT2D eigenvalue weighted by molar-refractivity contribution is 7.80. The van der Waals surface area contributed by atoms with Crippen LogP contribution >= 0.6 is 0 Å². The molecule has 0 aromatic rings. The van der Waals surface area contributed by atoms with Gasteiger partial charge in [0.1, 0.15) is 102 Å². The minimum atomic E-state index is -5.19. The first-order valence-electron chi connectivity index (χ1n) is 28.2. The smallest absolute Gasteiger partial charge is 0.397 e. The van der Waals surface area contributed by atoms with Gasteiger partial charge in [0.05, 0.1) is 38.1 Å². The zero-order chi connectivity index (χ0) is 59.5. The van der Waals surface area contributed by atoms with Gasteiger partial charge in [-0.3, -0.25) is 9.35 Å². The lowest BCUT2D eigenvalue weighted by atomic mass is 9.40. The van der Waals surface area contributed by atoms with Crippen LogP contribution < -0.4 is 0 Å². The molecule has 81 heavy (non-hydrogen) atoms. The van der Waals surface area contributed by atoms with E-state index in [1.807, 2.05) is 40.7 Å². The molecule has 0 bridgehead atoms. The fourth-order valence-electron chi connectivity index (χ4n) is 16.2. The highest BCUT2D eigenvalue weighted by atomic mass is 32.3. The molecule has 0 amide bonds. The van der Waals surface area contributed by atoms with Gasteiger partial charge in [-0.2, -0.15) is 8.42 Å². The summed E-state index contributed by atoms with van der Waals surface area (Å²) < 4.78 is 97.8. The molecule has 3 saturated carbocycles. The first-order chi connectivity index (χ1) is 37.8. The summed E-state index contributed by atoms with van der Waals surface area (Å²) in [5.74, 6) is -0.888. The Hall–Kier alpha value is -1.98. The highest BCUT2D eigenvalue weighted by Crippen LogP contribution is 2.77. The van der Waals surface area contributed by atoms with E-state index in [0.29, 0.717) is 44.9 Å². The summed E-state index contributed by atoms with van der Waals surface area (Å²) >= 11 is 0. The number of ether oxygens (including phenoxy) is 10. The molecule has 9 rings (SSSR count). The van der Waals surface area contributed by atoms with Gasteiger partial charge in [0.15, 0.2) is 25.2 Å². The Morgan fingerprint density at radius 1 is 0.716 bits per heavy atom. The number of aliphatic hydroxyl groups excluding tert-OH is 10. The number of allylic oxidation sites excluding steroid dienone is 3. The van der Waals surface area contributed by atoms with Crippen molar-refractivity contribution in [1.29, 1.82) is 0 Å². The molecule has 5 saturated heterocycles. The third-order valence-electron chi connectivity index (χ3n) is 20.5. The first kappa shape index (κ1) is 63.5. The zero-order valence-electron chi connectivity index (χ0n) is 47.2. The molecular weight excluding hydrogens is 1100 g/mol. The van der Waals surface area contributed by atoms with E-state index in [1.165, 1.54) is 14.0 Å². The van der Waals surface area contributed by atoms with Crippen molar-refractivity contribution in [1.82, 2.24) is 0 Å². The van der Waals surface area contributed by atoms with E-state index in [4.69, 9.17) is 51.6 Å². The van der Waals surface area contributed by atoms with Gasteiger partial charge >= 0.3 is 16.4 Å². The summed E-state index contributed by atoms with van der Waals surface area (Å²) in [6.07, 6.45) is -26.5. The maximum atomic E-state index is 14.5. The summed E-state index contributed by atoms with van der Waals surface area (Å²) in [4.78, 5) is 14.5. The van der Waals surface area contributed by atoms with Crippen molar-refractivity contribution in [3.63, 3.8) is 0 Å². The van der Waals surface area contributed by atoms with Crippen molar-refractivity contribution in [3.05, 3.63) is 23.3 Å². The second-order valence-corrected chi connectivity index (χ2v) is 26.6. The molecule has 12 N–H and O–H groups in total. The van der Waals surface area contributed by atoms with E-state index in [9.17, 15) is 73.9 Å². The molecule has 464 valence electrons. The minimum Gasteiger partial charge on any atom is -0.456 e. The van der Waals surface area contributed by atoms with Gasteiger partial charge in [-0.15, -0.1) is 0 Å². The molecular formula is C54H86O26S. The van der Waals surface area contributed by atoms with Gasteiger partial charge in [-0.05, 0) is 107 Å². The predicted molar refractivity (Wildman–Crippen MR) is 274 cm³/mol. The largest absolute Gasteiger partial charge is 0.456 e. The molecule has 0 aromatic heterocycles. The lowest BCUT2D eigenvalue weighted by Gasteiger charge is -2.64. The lowest BCUT2D eigenvalue weighted by Crippen LogP contribution is -2.68. The second kappa shape index (κ2) is 22.9. The number of carbonyl (C=O) groups is 1. The van der Waals surface area contributed by atoms with Crippen LogP contribution in [0.25, 0.3) is 0 Å². The highest BCUT2D eigenvalue weighted by Gasteiger charge is 2.85. The van der Waals surface area contributed by atoms with Gasteiger partial charge in [-0.1, -0.05) is 51.0 Å². The van der Waals surface area contributed by atoms with Crippen LogP contribution in [-0.4, -0.2) is 242 Å². The molecule has 0 aromatic carbocycles. The maximum Gasteiger partial charge on any atom is 0.397 e. The molecule has 9 aliphatic rings. The van der Waals surface area contributed by atoms with E-state index < -0.39 is 198 Å². The number of hydrogen-bond donors (Lipinski definition) is 12. The summed E-state index contributed by atoms with van der Waals surface area (Å²) in [7, 11) is -4.01. The fraction of sp³-hybridized carbons (Fsp3) is 0.907. The lowest BCUT2D eigenvalue weighted by molar-refractivity contribution is -0.389. The summed E-state index contributed by atoms with van der Waals surface area (Å²) in [5.41, 5.74) is -4.47. The minimum absolute atomic E-state index is 0.117. The SMILES string of the molecule is COC1C(O)[C@H](OC2C(O)[C@H](O[C@@H]3C(C)O[C@@H](O[C@@H]4C(O[C@H]5CC[C@]6(C)C7=CC(O)C89C(=O)O[C@@](C)(CCC=C(C)C)[C@@]8(O)CC[C@@]9(C)[C@@H]7CCC6C5(C)C)OC[C@@H](OS(=O)(=O)O)C4O)C(O)C3O)OC(CO)[C@H]2O)OC(CO)[C@H]1O. The fourth-order valence-corrected chi connectivity index (χ4v) is 16.7. The van der Waals surface area contributed by atoms with Crippen molar-refractivity contribution in [3.8, 4) is 0 Å². The maximum absolute atomic E-state index is 14.5. The summed E-state index contributed by atoms with van der Waals surface area (Å²) in [5, 5.41) is 124. The van der Waals surface area contributed by atoms with Crippen LogP contribution in [0.3, 0.4) is 0 Å². The van der Waals surface area contributed by atoms with Crippen molar-refractivity contribution < 1.29 is 125 Å². The Labute approximate surface area is 471 Å². The number of esters is 1. The second-order valence-electron chi connectivity index (χ2n) is 25.5. The average molecular weight is 1180 g/mol. The summed E-state index contributed by atoms with van der Waals surface area (Å²) in [6.45, 7) is 13.1. The molecule has 28 atom stereocenters. The van der Waals surface area contributed by atoms with Crippen LogP contribution in [0.1, 0.15) is 107 Å². The van der Waals surface area contributed by atoms with Crippen molar-refractivity contribution in [2.24, 2.45) is 33.5 Å². The van der Waals surface area contributed by atoms with Crippen LogP contribution in [0, 0.1) is 33.5 Å². The van der Waals surface area contributed by atoms with Crippen LogP contribution in [0.15, 0.2) is 23.3 Å². The molecule has 26 nitrogen and oxygen atoms in total. The van der Waals surface area contributed by atoms with Crippen LogP contribution in [-0.2, 0) is 66.7 Å². The number of carbonyl (C=O) groups excluding carboxylic acids is 1. The van der Waals surface area contributed by atoms with E-state index in [1.54, 1.807) is 13.0 Å². The number of rotatable bonds is 16. The molecule has 4 aliphatic carbocycles. The Morgan fingerprint density at radius 3 is 1.91 bits per heavy atom. The molecule has 8 fully saturated rings. The Balaban J connectivity index is 0.913. The third-order valence-corrected chi connectivity index (χ3v) is 21.0. The normalized spacial score (nSPS) is 51.5. The molecule has 5 heterocycles. The Bertz CT molecular complexity index is 2440. The monoisotopic (exact) mass is 1180 g/mol. The van der Waals surface area contributed by atoms with Crippen molar-refractivity contribution >= 4 is 16.4 Å². The number of fused-ring (bicyclic) bond motifs is 4. The van der Waals surface area contributed by atoms with Gasteiger partial charge in [0.2, 0.25) is 0 Å². The molecule has 5 aliphatic heterocycles. The number of methoxy groups -OCH3 is 1. The molecule has 0 radical (unpaired) electrons.